The maximum atomic E-state index is 11.7. The summed E-state index contributed by atoms with van der Waals surface area (Å²) >= 11 is 0. The van der Waals surface area contributed by atoms with Crippen molar-refractivity contribution in [2.24, 2.45) is 0 Å². The zero-order valence-corrected chi connectivity index (χ0v) is 12.3. The van der Waals surface area contributed by atoms with Gasteiger partial charge in [-0.1, -0.05) is 60.7 Å². The molecule has 2 aliphatic rings. The highest BCUT2D eigenvalue weighted by atomic mass is 16.6. The molecule has 112 valence electrons. The second-order valence-corrected chi connectivity index (χ2v) is 6.10. The van der Waals surface area contributed by atoms with E-state index in [0.29, 0.717) is 6.61 Å². The van der Waals surface area contributed by atoms with Crippen LogP contribution in [0.1, 0.15) is 24.0 Å². The first-order valence-corrected chi connectivity index (χ1v) is 7.71. The first kappa shape index (κ1) is 13.5. The molecular formula is C19H18O3. The van der Waals surface area contributed by atoms with Gasteiger partial charge in [0.25, 0.3) is 0 Å². The van der Waals surface area contributed by atoms with Gasteiger partial charge in [0.2, 0.25) is 0 Å². The molecule has 4 rings (SSSR count). The summed E-state index contributed by atoms with van der Waals surface area (Å²) in [7, 11) is 0. The molecule has 1 saturated carbocycles. The molecule has 1 saturated heterocycles. The topological polar surface area (TPSA) is 38.8 Å². The lowest BCUT2D eigenvalue weighted by molar-refractivity contribution is -0.157. The fourth-order valence-corrected chi connectivity index (χ4v) is 3.38. The van der Waals surface area contributed by atoms with Crippen LogP contribution in [-0.2, 0) is 19.7 Å². The summed E-state index contributed by atoms with van der Waals surface area (Å²) < 4.78 is 10.5. The van der Waals surface area contributed by atoms with Gasteiger partial charge in [0.15, 0.2) is 6.10 Å². The van der Waals surface area contributed by atoms with E-state index < -0.39 is 0 Å². The summed E-state index contributed by atoms with van der Waals surface area (Å²) in [6.45, 7) is 0.508. The van der Waals surface area contributed by atoms with Gasteiger partial charge in [0, 0.05) is 5.41 Å². The van der Waals surface area contributed by atoms with Crippen molar-refractivity contribution in [2.75, 3.05) is 6.61 Å². The molecule has 0 bridgehead atoms. The van der Waals surface area contributed by atoms with Crippen molar-refractivity contribution >= 4 is 5.97 Å². The Balaban J connectivity index is 1.58. The zero-order valence-electron chi connectivity index (χ0n) is 12.3. The minimum absolute atomic E-state index is 0.0166. The number of esters is 1. The van der Waals surface area contributed by atoms with Crippen LogP contribution in [-0.4, -0.2) is 24.8 Å². The fourth-order valence-electron chi connectivity index (χ4n) is 3.38. The van der Waals surface area contributed by atoms with Crippen molar-refractivity contribution in [1.29, 1.82) is 0 Å². The number of carbonyl (C=O) groups excluding carboxylic acids is 1. The Morgan fingerprint density at radius 3 is 1.91 bits per heavy atom. The maximum absolute atomic E-state index is 11.7. The third-order valence-electron chi connectivity index (χ3n) is 4.68. The third-order valence-corrected chi connectivity index (χ3v) is 4.68. The summed E-state index contributed by atoms with van der Waals surface area (Å²) in [5, 5.41) is 0. The average molecular weight is 294 g/mol. The van der Waals surface area contributed by atoms with E-state index in [2.05, 4.69) is 48.5 Å². The van der Waals surface area contributed by atoms with Crippen LogP contribution < -0.4 is 0 Å². The second kappa shape index (κ2) is 5.25. The van der Waals surface area contributed by atoms with Crippen LogP contribution in [0.4, 0.5) is 0 Å². The molecule has 1 heterocycles. The van der Waals surface area contributed by atoms with Crippen LogP contribution in [0.5, 0.6) is 0 Å². The fraction of sp³-hybridized carbons (Fsp3) is 0.316. The van der Waals surface area contributed by atoms with Gasteiger partial charge >= 0.3 is 5.97 Å². The van der Waals surface area contributed by atoms with E-state index in [1.165, 1.54) is 11.1 Å². The van der Waals surface area contributed by atoms with Crippen molar-refractivity contribution in [1.82, 2.24) is 0 Å². The van der Waals surface area contributed by atoms with Gasteiger partial charge in [-0.3, -0.25) is 0 Å². The largest absolute Gasteiger partial charge is 0.460 e. The van der Waals surface area contributed by atoms with Crippen molar-refractivity contribution in [3.05, 3.63) is 71.8 Å². The second-order valence-electron chi connectivity index (χ2n) is 6.10. The van der Waals surface area contributed by atoms with Crippen LogP contribution in [0.3, 0.4) is 0 Å². The standard InChI is InChI=1S/C19H18O3/c20-18(17-13-21-17)22-16-11-19(12-16,14-7-3-1-4-8-14)15-9-5-2-6-10-15/h1-10,16-17H,11-13H2. The summed E-state index contributed by atoms with van der Waals surface area (Å²) in [4.78, 5) is 11.7. The predicted octanol–water partition coefficient (Wildman–Crippen LogP) is 3.08. The van der Waals surface area contributed by atoms with Crippen molar-refractivity contribution in [3.63, 3.8) is 0 Å². The third kappa shape index (κ3) is 2.32. The van der Waals surface area contributed by atoms with Gasteiger partial charge in [-0.05, 0) is 24.0 Å². The zero-order chi connectivity index (χ0) is 15.0. The molecular weight excluding hydrogens is 276 g/mol. The lowest BCUT2D eigenvalue weighted by Crippen LogP contribution is -2.48. The minimum Gasteiger partial charge on any atom is -0.460 e. The van der Waals surface area contributed by atoms with E-state index in [1.54, 1.807) is 0 Å². The molecule has 1 unspecified atom stereocenters. The quantitative estimate of drug-likeness (QED) is 0.642. The Labute approximate surface area is 129 Å². The summed E-state index contributed by atoms with van der Waals surface area (Å²) in [5.74, 6) is -0.209. The number of rotatable bonds is 4. The molecule has 1 atom stereocenters. The SMILES string of the molecule is O=C(OC1CC(c2ccccc2)(c2ccccc2)C1)C1CO1. The Morgan fingerprint density at radius 2 is 1.45 bits per heavy atom. The van der Waals surface area contributed by atoms with Gasteiger partial charge in [-0.25, -0.2) is 4.79 Å². The number of benzene rings is 2. The van der Waals surface area contributed by atoms with Gasteiger partial charge in [0.1, 0.15) is 6.10 Å². The highest BCUT2D eigenvalue weighted by Crippen LogP contribution is 2.50. The van der Waals surface area contributed by atoms with E-state index in [-0.39, 0.29) is 23.6 Å². The number of carbonyl (C=O) groups is 1. The summed E-state index contributed by atoms with van der Waals surface area (Å²) in [6.07, 6.45) is 1.33. The van der Waals surface area contributed by atoms with E-state index in [1.807, 2.05) is 12.1 Å². The highest BCUT2D eigenvalue weighted by molar-refractivity contribution is 5.77. The Kier molecular flexibility index (Phi) is 3.23. The predicted molar refractivity (Wildman–Crippen MR) is 82.5 cm³/mol. The normalized spacial score (nSPS) is 22.6. The first-order chi connectivity index (χ1) is 10.8. The number of hydrogen-bond acceptors (Lipinski definition) is 3. The number of ether oxygens (including phenoxy) is 2. The van der Waals surface area contributed by atoms with Crippen molar-refractivity contribution in [2.45, 2.75) is 30.5 Å². The molecule has 3 nitrogen and oxygen atoms in total. The minimum atomic E-state index is -0.316. The van der Waals surface area contributed by atoms with Crippen LogP contribution in [0.25, 0.3) is 0 Å². The molecule has 1 aliphatic carbocycles. The lowest BCUT2D eigenvalue weighted by atomic mass is 9.59. The van der Waals surface area contributed by atoms with Gasteiger partial charge < -0.3 is 9.47 Å². The monoisotopic (exact) mass is 294 g/mol. The van der Waals surface area contributed by atoms with Crippen LogP contribution in [0.15, 0.2) is 60.7 Å². The molecule has 0 amide bonds. The molecule has 3 heteroatoms. The van der Waals surface area contributed by atoms with E-state index in [0.717, 1.165) is 12.8 Å². The molecule has 1 aliphatic heterocycles. The molecule has 0 radical (unpaired) electrons. The molecule has 0 spiro atoms. The van der Waals surface area contributed by atoms with Crippen LogP contribution >= 0.6 is 0 Å². The Bertz CT molecular complexity index is 614. The lowest BCUT2D eigenvalue weighted by Gasteiger charge is -2.48. The molecule has 2 aromatic rings. The molecule has 2 aromatic carbocycles. The van der Waals surface area contributed by atoms with Gasteiger partial charge in [-0.15, -0.1) is 0 Å². The van der Waals surface area contributed by atoms with Crippen LogP contribution in [0, 0.1) is 0 Å². The summed E-state index contributed by atoms with van der Waals surface area (Å²) in [6, 6.07) is 21.0. The smallest absolute Gasteiger partial charge is 0.337 e. The highest BCUT2D eigenvalue weighted by Gasteiger charge is 2.49. The van der Waals surface area contributed by atoms with E-state index in [9.17, 15) is 4.79 Å². The van der Waals surface area contributed by atoms with E-state index in [4.69, 9.17) is 9.47 Å². The maximum Gasteiger partial charge on any atom is 0.337 e. The molecule has 2 fully saturated rings. The Hall–Kier alpha value is -2.13. The first-order valence-electron chi connectivity index (χ1n) is 7.71. The van der Waals surface area contributed by atoms with Gasteiger partial charge in [-0.2, -0.15) is 0 Å². The summed E-state index contributed by atoms with van der Waals surface area (Å²) in [5.41, 5.74) is 2.53. The van der Waals surface area contributed by atoms with E-state index >= 15 is 0 Å². The molecule has 0 aromatic heterocycles. The number of epoxide rings is 1. The molecule has 22 heavy (non-hydrogen) atoms. The number of hydrogen-bond donors (Lipinski definition) is 0. The Morgan fingerprint density at radius 1 is 0.955 bits per heavy atom. The average Bonchev–Trinajstić information content (AvgIpc) is 3.37. The van der Waals surface area contributed by atoms with Crippen molar-refractivity contribution in [3.8, 4) is 0 Å². The molecule has 0 N–H and O–H groups in total. The van der Waals surface area contributed by atoms with Crippen molar-refractivity contribution < 1.29 is 14.3 Å². The van der Waals surface area contributed by atoms with Gasteiger partial charge in [0.05, 0.1) is 6.61 Å². The van der Waals surface area contributed by atoms with Crippen LogP contribution in [0.2, 0.25) is 0 Å².